The van der Waals surface area contributed by atoms with Crippen molar-refractivity contribution in [3.63, 3.8) is 0 Å². The first-order valence-electron chi connectivity index (χ1n) is 11.8. The number of carbonyl (C=O) groups is 2. The van der Waals surface area contributed by atoms with Crippen LogP contribution in [-0.2, 0) is 22.8 Å². The Morgan fingerprint density at radius 3 is 2.17 bits per heavy atom. The van der Waals surface area contributed by atoms with Gasteiger partial charge in [0.15, 0.2) is 0 Å². The average Bonchev–Trinajstić information content (AvgIpc) is 2.84. The standard InChI is InChI=1S/C25H35NO8Si/c1-5-23(35(32-6-2,33-7-3)34-8-4)26-25(29)31-16-15-30-22-13-12-20-17-19(10-14-24(27)28)9-11-21(20)18-22/h9-14,17-18,23H,5-8,15-16H2,1-4H3,(H,26,29)(H,27,28)/b14-10+. The lowest BCUT2D eigenvalue weighted by molar-refractivity contribution is -0.131. The number of aliphatic carboxylic acids is 1. The van der Waals surface area contributed by atoms with E-state index in [1.54, 1.807) is 6.08 Å². The molecule has 0 heterocycles. The number of carbonyl (C=O) groups excluding carboxylic acids is 1. The van der Waals surface area contributed by atoms with E-state index in [2.05, 4.69) is 5.32 Å². The number of carboxylic acid groups (broad SMARTS) is 1. The first kappa shape index (κ1) is 28.3. The lowest BCUT2D eigenvalue weighted by Crippen LogP contribution is -2.63. The zero-order chi connectivity index (χ0) is 25.7. The minimum Gasteiger partial charge on any atom is -0.490 e. The summed E-state index contributed by atoms with van der Waals surface area (Å²) in [5, 5.41) is 13.5. The Morgan fingerprint density at radius 2 is 1.57 bits per heavy atom. The van der Waals surface area contributed by atoms with Gasteiger partial charge in [0.25, 0.3) is 0 Å². The molecule has 9 nitrogen and oxygen atoms in total. The molecule has 2 N–H and O–H groups in total. The summed E-state index contributed by atoms with van der Waals surface area (Å²) in [6.07, 6.45) is 2.63. The molecular formula is C25H35NO8Si. The summed E-state index contributed by atoms with van der Waals surface area (Å²) in [4.78, 5) is 23.1. The Bertz CT molecular complexity index is 980. The number of alkyl carbamates (subject to hydrolysis) is 1. The molecule has 192 valence electrons. The number of amides is 1. The minimum absolute atomic E-state index is 0.0612. The molecule has 0 saturated carbocycles. The quantitative estimate of drug-likeness (QED) is 0.208. The van der Waals surface area contributed by atoms with Gasteiger partial charge >= 0.3 is 20.9 Å². The van der Waals surface area contributed by atoms with Crippen LogP contribution in [0.4, 0.5) is 4.79 Å². The van der Waals surface area contributed by atoms with Gasteiger partial charge in [0.05, 0.1) is 0 Å². The zero-order valence-corrected chi connectivity index (χ0v) is 21.7. The second-order valence-electron chi connectivity index (χ2n) is 7.43. The van der Waals surface area contributed by atoms with Crippen LogP contribution in [0.15, 0.2) is 42.5 Å². The summed E-state index contributed by atoms with van der Waals surface area (Å²) in [7, 11) is -3.11. The Balaban J connectivity index is 1.90. The molecule has 0 saturated heterocycles. The summed E-state index contributed by atoms with van der Waals surface area (Å²) in [6, 6.07) is 11.2. The van der Waals surface area contributed by atoms with Crippen LogP contribution in [-0.4, -0.2) is 64.7 Å². The molecule has 0 radical (unpaired) electrons. The smallest absolute Gasteiger partial charge is 0.490 e. The number of nitrogens with one attached hydrogen (secondary N) is 1. The fraction of sp³-hybridized carbons (Fsp3) is 0.440. The van der Waals surface area contributed by atoms with Crippen LogP contribution in [0.2, 0.25) is 0 Å². The fourth-order valence-corrected chi connectivity index (χ4v) is 6.41. The Labute approximate surface area is 207 Å². The molecule has 0 fully saturated rings. The van der Waals surface area contributed by atoms with Crippen LogP contribution in [0, 0.1) is 0 Å². The topological polar surface area (TPSA) is 113 Å². The van der Waals surface area contributed by atoms with Gasteiger partial charge in [-0.1, -0.05) is 25.1 Å². The highest BCUT2D eigenvalue weighted by molar-refractivity contribution is 6.62. The summed E-state index contributed by atoms with van der Waals surface area (Å²) in [5.41, 5.74) is 0.370. The summed E-state index contributed by atoms with van der Waals surface area (Å²) in [6.45, 7) is 9.02. The first-order chi connectivity index (χ1) is 16.9. The summed E-state index contributed by atoms with van der Waals surface area (Å²) >= 11 is 0. The Morgan fingerprint density at radius 1 is 0.943 bits per heavy atom. The van der Waals surface area contributed by atoms with E-state index in [9.17, 15) is 9.59 Å². The van der Waals surface area contributed by atoms with Crippen molar-refractivity contribution in [1.82, 2.24) is 5.32 Å². The van der Waals surface area contributed by atoms with Gasteiger partial charge in [-0.25, -0.2) is 9.59 Å². The van der Waals surface area contributed by atoms with Gasteiger partial charge in [-0.3, -0.25) is 0 Å². The van der Waals surface area contributed by atoms with Crippen molar-refractivity contribution in [2.75, 3.05) is 33.0 Å². The molecule has 2 rings (SSSR count). The van der Waals surface area contributed by atoms with Crippen LogP contribution in [0.3, 0.4) is 0 Å². The molecule has 0 aliphatic heterocycles. The normalized spacial score (nSPS) is 12.6. The molecule has 2 aromatic rings. The van der Waals surface area contributed by atoms with E-state index in [0.717, 1.165) is 22.4 Å². The zero-order valence-electron chi connectivity index (χ0n) is 20.7. The third kappa shape index (κ3) is 8.66. The summed E-state index contributed by atoms with van der Waals surface area (Å²) in [5.74, 6) is -0.355. The van der Waals surface area contributed by atoms with Gasteiger partial charge in [0.1, 0.15) is 24.6 Å². The van der Waals surface area contributed by atoms with Gasteiger partial charge in [-0.05, 0) is 67.8 Å². The van der Waals surface area contributed by atoms with Gasteiger partial charge in [0, 0.05) is 25.9 Å². The highest BCUT2D eigenvalue weighted by Crippen LogP contribution is 2.23. The highest BCUT2D eigenvalue weighted by Gasteiger charge is 2.49. The lowest BCUT2D eigenvalue weighted by Gasteiger charge is -2.34. The maximum Gasteiger partial charge on any atom is 0.524 e. The number of hydrogen-bond donors (Lipinski definition) is 2. The van der Waals surface area contributed by atoms with Gasteiger partial charge in [-0.15, -0.1) is 0 Å². The van der Waals surface area contributed by atoms with Crippen LogP contribution in [0.25, 0.3) is 16.8 Å². The minimum atomic E-state index is -3.11. The van der Waals surface area contributed by atoms with Crippen molar-refractivity contribution < 1.29 is 37.4 Å². The number of ether oxygens (including phenoxy) is 2. The Kier molecular flexibility index (Phi) is 11.7. The number of benzene rings is 2. The molecule has 0 aliphatic rings. The van der Waals surface area contributed by atoms with E-state index in [1.807, 2.05) is 64.1 Å². The lowest BCUT2D eigenvalue weighted by atomic mass is 10.1. The molecule has 1 unspecified atom stereocenters. The Hall–Kier alpha value is -2.92. The molecule has 10 heteroatoms. The molecule has 1 atom stereocenters. The third-order valence-corrected chi connectivity index (χ3v) is 8.48. The average molecular weight is 506 g/mol. The highest BCUT2D eigenvalue weighted by atomic mass is 28.4. The van der Waals surface area contributed by atoms with Crippen molar-refractivity contribution in [1.29, 1.82) is 0 Å². The predicted octanol–water partition coefficient (Wildman–Crippen LogP) is 4.41. The van der Waals surface area contributed by atoms with Crippen molar-refractivity contribution in [2.45, 2.75) is 39.8 Å². The predicted molar refractivity (Wildman–Crippen MR) is 135 cm³/mol. The van der Waals surface area contributed by atoms with Crippen LogP contribution >= 0.6 is 0 Å². The maximum absolute atomic E-state index is 12.4. The second kappa shape index (κ2) is 14.5. The summed E-state index contributed by atoms with van der Waals surface area (Å²) < 4.78 is 28.7. The van der Waals surface area contributed by atoms with E-state index in [-0.39, 0.29) is 13.2 Å². The molecule has 0 bridgehead atoms. The number of fused-ring (bicyclic) bond motifs is 1. The van der Waals surface area contributed by atoms with Gasteiger partial charge in [-0.2, -0.15) is 0 Å². The number of hydrogen-bond acceptors (Lipinski definition) is 7. The third-order valence-electron chi connectivity index (χ3n) is 5.00. The SMILES string of the molecule is CCO[Si](OCC)(OCC)C(CC)NC(=O)OCCOc1ccc2cc(/C=C/C(=O)O)ccc2c1. The number of carboxylic acids is 1. The molecule has 1 amide bonds. The number of rotatable bonds is 15. The molecular weight excluding hydrogens is 470 g/mol. The maximum atomic E-state index is 12.4. The first-order valence-corrected chi connectivity index (χ1v) is 13.6. The van der Waals surface area contributed by atoms with Crippen molar-refractivity contribution in [3.8, 4) is 5.75 Å². The van der Waals surface area contributed by atoms with Crippen LogP contribution in [0.1, 0.15) is 39.7 Å². The van der Waals surface area contributed by atoms with Crippen molar-refractivity contribution in [2.24, 2.45) is 0 Å². The molecule has 35 heavy (non-hydrogen) atoms. The van der Waals surface area contributed by atoms with Crippen LogP contribution in [0.5, 0.6) is 5.75 Å². The molecule has 0 spiro atoms. The van der Waals surface area contributed by atoms with E-state index < -0.39 is 26.5 Å². The van der Waals surface area contributed by atoms with Gasteiger partial charge < -0.3 is 33.2 Å². The van der Waals surface area contributed by atoms with E-state index in [0.29, 0.717) is 32.0 Å². The molecule has 0 aliphatic carbocycles. The monoisotopic (exact) mass is 505 g/mol. The van der Waals surface area contributed by atoms with E-state index in [4.69, 9.17) is 27.9 Å². The second-order valence-corrected chi connectivity index (χ2v) is 10.2. The van der Waals surface area contributed by atoms with Gasteiger partial charge in [0.2, 0.25) is 0 Å². The van der Waals surface area contributed by atoms with Crippen molar-refractivity contribution >= 4 is 37.7 Å². The fourth-order valence-electron chi connectivity index (χ4n) is 3.55. The molecule has 0 aromatic heterocycles. The molecule has 2 aromatic carbocycles. The van der Waals surface area contributed by atoms with Crippen molar-refractivity contribution in [3.05, 3.63) is 48.0 Å². The largest absolute Gasteiger partial charge is 0.524 e. The van der Waals surface area contributed by atoms with Crippen LogP contribution < -0.4 is 10.1 Å². The van der Waals surface area contributed by atoms with E-state index >= 15 is 0 Å². The van der Waals surface area contributed by atoms with E-state index in [1.165, 1.54) is 0 Å².